The van der Waals surface area contributed by atoms with Gasteiger partial charge in [-0.25, -0.2) is 4.98 Å². The van der Waals surface area contributed by atoms with Crippen molar-refractivity contribution in [2.75, 3.05) is 5.73 Å². The summed E-state index contributed by atoms with van der Waals surface area (Å²) in [7, 11) is 0. The van der Waals surface area contributed by atoms with Crippen LogP contribution >= 0.6 is 0 Å². The number of allylic oxidation sites excluding steroid dienone is 3. The standard InChI is InChI=1S/C17H12N4O/c1-9-12(6-11-4-3-5-22-11)15-10(2)14(8-19)17(20)21-16(15)13(9)7-18/h3-6H,1-2H3,(H2,20,21)/b12-6+. The van der Waals surface area contributed by atoms with Gasteiger partial charge < -0.3 is 10.2 Å². The van der Waals surface area contributed by atoms with Crippen LogP contribution in [-0.2, 0) is 0 Å². The summed E-state index contributed by atoms with van der Waals surface area (Å²) in [6.45, 7) is 3.68. The Morgan fingerprint density at radius 3 is 2.64 bits per heavy atom. The molecule has 2 heterocycles. The van der Waals surface area contributed by atoms with Crippen molar-refractivity contribution in [3.05, 3.63) is 52.1 Å². The number of aromatic nitrogens is 1. The zero-order chi connectivity index (χ0) is 15.9. The molecule has 2 N–H and O–H groups in total. The van der Waals surface area contributed by atoms with E-state index in [1.165, 1.54) is 0 Å². The van der Waals surface area contributed by atoms with Crippen molar-refractivity contribution in [2.24, 2.45) is 0 Å². The lowest BCUT2D eigenvalue weighted by Gasteiger charge is -2.10. The number of pyridine rings is 1. The summed E-state index contributed by atoms with van der Waals surface area (Å²) in [5, 5.41) is 18.7. The lowest BCUT2D eigenvalue weighted by molar-refractivity contribution is 0.557. The van der Waals surface area contributed by atoms with Crippen LogP contribution in [0, 0.1) is 29.6 Å². The van der Waals surface area contributed by atoms with Crippen LogP contribution in [0.25, 0.3) is 17.2 Å². The SMILES string of the molecule is CC1=C(C#N)c2nc(N)c(C#N)c(C)c2/C1=C/c1ccco1. The summed E-state index contributed by atoms with van der Waals surface area (Å²) in [6, 6.07) is 7.88. The Hall–Kier alpha value is -3.31. The zero-order valence-electron chi connectivity index (χ0n) is 12.1. The Morgan fingerprint density at radius 2 is 2.05 bits per heavy atom. The highest BCUT2D eigenvalue weighted by Gasteiger charge is 2.29. The number of hydrogen-bond donors (Lipinski definition) is 1. The molecule has 0 bridgehead atoms. The highest BCUT2D eigenvalue weighted by molar-refractivity contribution is 6.08. The van der Waals surface area contributed by atoms with Crippen molar-refractivity contribution in [1.29, 1.82) is 10.5 Å². The molecule has 1 aliphatic carbocycles. The average molecular weight is 288 g/mol. The van der Waals surface area contributed by atoms with Gasteiger partial charge in [-0.2, -0.15) is 10.5 Å². The summed E-state index contributed by atoms with van der Waals surface area (Å²) in [5.74, 6) is 0.827. The van der Waals surface area contributed by atoms with E-state index in [-0.39, 0.29) is 5.82 Å². The summed E-state index contributed by atoms with van der Waals surface area (Å²) < 4.78 is 5.36. The first-order valence-electron chi connectivity index (χ1n) is 6.66. The van der Waals surface area contributed by atoms with E-state index in [1.54, 1.807) is 12.3 Å². The number of nitrogen functional groups attached to an aromatic ring is 1. The third kappa shape index (κ3) is 1.81. The van der Waals surface area contributed by atoms with Crippen molar-refractivity contribution in [2.45, 2.75) is 13.8 Å². The summed E-state index contributed by atoms with van der Waals surface area (Å²) >= 11 is 0. The minimum absolute atomic E-state index is 0.151. The molecule has 0 atom stereocenters. The molecule has 0 aromatic carbocycles. The quantitative estimate of drug-likeness (QED) is 0.867. The van der Waals surface area contributed by atoms with E-state index in [0.29, 0.717) is 22.6 Å². The van der Waals surface area contributed by atoms with E-state index >= 15 is 0 Å². The van der Waals surface area contributed by atoms with E-state index in [1.807, 2.05) is 26.0 Å². The second-order valence-corrected chi connectivity index (χ2v) is 5.02. The number of furan rings is 1. The van der Waals surface area contributed by atoms with Gasteiger partial charge >= 0.3 is 0 Å². The average Bonchev–Trinajstić information content (AvgIpc) is 3.07. The molecule has 22 heavy (non-hydrogen) atoms. The summed E-state index contributed by atoms with van der Waals surface area (Å²) in [5.41, 5.74) is 10.3. The van der Waals surface area contributed by atoms with E-state index in [9.17, 15) is 10.5 Å². The minimum atomic E-state index is 0.151. The van der Waals surface area contributed by atoms with Crippen LogP contribution in [0.5, 0.6) is 0 Å². The van der Waals surface area contributed by atoms with Crippen molar-refractivity contribution < 1.29 is 4.42 Å². The van der Waals surface area contributed by atoms with Gasteiger partial charge in [-0.1, -0.05) is 0 Å². The fraction of sp³-hybridized carbons (Fsp3) is 0.118. The maximum atomic E-state index is 9.43. The van der Waals surface area contributed by atoms with Crippen LogP contribution in [-0.4, -0.2) is 4.98 Å². The second-order valence-electron chi connectivity index (χ2n) is 5.02. The first-order chi connectivity index (χ1) is 10.6. The molecule has 5 heteroatoms. The lowest BCUT2D eigenvalue weighted by Crippen LogP contribution is -2.03. The molecule has 0 saturated carbocycles. The van der Waals surface area contributed by atoms with Gasteiger partial charge in [-0.15, -0.1) is 0 Å². The Kier molecular flexibility index (Phi) is 3.05. The van der Waals surface area contributed by atoms with Gasteiger partial charge in [0.2, 0.25) is 0 Å². The minimum Gasteiger partial charge on any atom is -0.465 e. The molecule has 0 radical (unpaired) electrons. The molecule has 2 aromatic rings. The highest BCUT2D eigenvalue weighted by atomic mass is 16.3. The van der Waals surface area contributed by atoms with Crippen LogP contribution in [0.2, 0.25) is 0 Å². The summed E-state index contributed by atoms with van der Waals surface area (Å²) in [6.07, 6.45) is 3.44. The van der Waals surface area contributed by atoms with Gasteiger partial charge in [-0.05, 0) is 48.8 Å². The van der Waals surface area contributed by atoms with Crippen LogP contribution < -0.4 is 5.73 Å². The summed E-state index contributed by atoms with van der Waals surface area (Å²) in [4.78, 5) is 4.27. The number of nitrogens with two attached hydrogens (primary N) is 1. The number of rotatable bonds is 1. The first-order valence-corrected chi connectivity index (χ1v) is 6.66. The normalized spacial score (nSPS) is 14.8. The van der Waals surface area contributed by atoms with Crippen molar-refractivity contribution in [1.82, 2.24) is 4.98 Å². The number of anilines is 1. The van der Waals surface area contributed by atoms with Crippen molar-refractivity contribution >= 4 is 23.0 Å². The maximum absolute atomic E-state index is 9.43. The zero-order valence-corrected chi connectivity index (χ0v) is 12.1. The molecule has 0 amide bonds. The molecular weight excluding hydrogens is 276 g/mol. The number of hydrogen-bond acceptors (Lipinski definition) is 5. The molecular formula is C17H12N4O. The van der Waals surface area contributed by atoms with Crippen LogP contribution in [0.1, 0.15) is 35.1 Å². The van der Waals surface area contributed by atoms with E-state index < -0.39 is 0 Å². The Labute approximate surface area is 127 Å². The van der Waals surface area contributed by atoms with Gasteiger partial charge in [0.15, 0.2) is 0 Å². The highest BCUT2D eigenvalue weighted by Crippen LogP contribution is 2.44. The molecule has 3 rings (SSSR count). The molecule has 5 nitrogen and oxygen atoms in total. The maximum Gasteiger partial charge on any atom is 0.142 e. The lowest BCUT2D eigenvalue weighted by atomic mass is 9.96. The molecule has 0 saturated heterocycles. The van der Waals surface area contributed by atoms with Crippen LogP contribution in [0.3, 0.4) is 0 Å². The molecule has 106 valence electrons. The third-order valence-corrected chi connectivity index (χ3v) is 3.81. The van der Waals surface area contributed by atoms with Gasteiger partial charge in [0.05, 0.1) is 23.1 Å². The molecule has 2 aromatic heterocycles. The largest absolute Gasteiger partial charge is 0.465 e. The predicted molar refractivity (Wildman–Crippen MR) is 82.9 cm³/mol. The fourth-order valence-corrected chi connectivity index (χ4v) is 2.71. The van der Waals surface area contributed by atoms with E-state index in [2.05, 4.69) is 17.1 Å². The van der Waals surface area contributed by atoms with Crippen LogP contribution in [0.15, 0.2) is 28.4 Å². The van der Waals surface area contributed by atoms with Gasteiger partial charge in [0, 0.05) is 5.56 Å². The van der Waals surface area contributed by atoms with Crippen molar-refractivity contribution in [3.8, 4) is 12.1 Å². The number of nitrogens with zero attached hydrogens (tertiary/aromatic N) is 3. The molecule has 1 aliphatic rings. The number of fused-ring (bicyclic) bond motifs is 1. The van der Waals surface area contributed by atoms with Crippen molar-refractivity contribution in [3.63, 3.8) is 0 Å². The van der Waals surface area contributed by atoms with Gasteiger partial charge in [-0.3, -0.25) is 0 Å². The second kappa shape index (κ2) is 4.91. The first kappa shape index (κ1) is 13.7. The smallest absolute Gasteiger partial charge is 0.142 e. The molecule has 0 aliphatic heterocycles. The third-order valence-electron chi connectivity index (χ3n) is 3.81. The molecule has 0 spiro atoms. The van der Waals surface area contributed by atoms with Crippen LogP contribution in [0.4, 0.5) is 5.82 Å². The predicted octanol–water partition coefficient (Wildman–Crippen LogP) is 3.29. The topological polar surface area (TPSA) is 99.6 Å². The van der Waals surface area contributed by atoms with E-state index in [4.69, 9.17) is 10.2 Å². The van der Waals surface area contributed by atoms with Gasteiger partial charge in [0.1, 0.15) is 23.7 Å². The number of nitriles is 2. The Morgan fingerprint density at radius 1 is 1.27 bits per heavy atom. The van der Waals surface area contributed by atoms with Gasteiger partial charge in [0.25, 0.3) is 0 Å². The molecule has 0 fully saturated rings. The Balaban J connectivity index is 2.36. The molecule has 0 unspecified atom stereocenters. The fourth-order valence-electron chi connectivity index (χ4n) is 2.71. The van der Waals surface area contributed by atoms with E-state index in [0.717, 1.165) is 22.3 Å². The monoisotopic (exact) mass is 288 g/mol. The Bertz CT molecular complexity index is 919.